The van der Waals surface area contributed by atoms with Crippen molar-refractivity contribution in [3.8, 4) is 11.5 Å². The Bertz CT molecular complexity index is 846. The number of nitrogens with zero attached hydrogens (tertiary/aromatic N) is 2. The zero-order chi connectivity index (χ0) is 19.4. The molecule has 0 aliphatic carbocycles. The minimum atomic E-state index is -0.144. The van der Waals surface area contributed by atoms with Crippen LogP contribution in [-0.2, 0) is 17.9 Å². The minimum absolute atomic E-state index is 0.144. The summed E-state index contributed by atoms with van der Waals surface area (Å²) in [5, 5.41) is 4.06. The Morgan fingerprint density at radius 2 is 1.78 bits per heavy atom. The fourth-order valence-electron chi connectivity index (χ4n) is 3.23. The van der Waals surface area contributed by atoms with Gasteiger partial charge in [0.2, 0.25) is 0 Å². The quantitative estimate of drug-likeness (QED) is 0.630. The lowest BCUT2D eigenvalue weighted by Gasteiger charge is -2.12. The molecule has 1 amide bonds. The van der Waals surface area contributed by atoms with E-state index < -0.39 is 0 Å². The number of benzene rings is 2. The van der Waals surface area contributed by atoms with Crippen LogP contribution in [0, 0.1) is 13.8 Å². The van der Waals surface area contributed by atoms with Crippen molar-refractivity contribution < 1.29 is 14.3 Å². The summed E-state index contributed by atoms with van der Waals surface area (Å²) in [6.45, 7) is 6.12. The van der Waals surface area contributed by atoms with Crippen LogP contribution in [0.25, 0.3) is 0 Å². The summed E-state index contributed by atoms with van der Waals surface area (Å²) < 4.78 is 10.5. The van der Waals surface area contributed by atoms with Crippen LogP contribution in [0.3, 0.4) is 0 Å². The van der Waals surface area contributed by atoms with E-state index in [2.05, 4.69) is 41.4 Å². The molecule has 0 saturated carbocycles. The maximum absolute atomic E-state index is 12.2. The first-order chi connectivity index (χ1) is 13.0. The Labute approximate surface area is 159 Å². The van der Waals surface area contributed by atoms with Gasteiger partial charge in [0.15, 0.2) is 0 Å². The molecular formula is C21H25N3O3. The molecule has 0 fully saturated rings. The first-order valence-corrected chi connectivity index (χ1v) is 8.85. The lowest BCUT2D eigenvalue weighted by Crippen LogP contribution is -2.32. The van der Waals surface area contributed by atoms with Crippen LogP contribution in [0.1, 0.15) is 27.8 Å². The third kappa shape index (κ3) is 4.46. The summed E-state index contributed by atoms with van der Waals surface area (Å²) in [6.07, 6.45) is 1.56. The molecule has 142 valence electrons. The maximum atomic E-state index is 12.2. The van der Waals surface area contributed by atoms with Gasteiger partial charge in [0.25, 0.3) is 5.91 Å². The Hall–Kier alpha value is -2.86. The van der Waals surface area contributed by atoms with Gasteiger partial charge in [0, 0.05) is 18.7 Å². The number of fused-ring (bicyclic) bond motifs is 1. The van der Waals surface area contributed by atoms with E-state index >= 15 is 0 Å². The molecule has 6 heteroatoms. The minimum Gasteiger partial charge on any atom is -0.497 e. The molecule has 6 nitrogen and oxygen atoms in total. The van der Waals surface area contributed by atoms with Gasteiger partial charge in [-0.05, 0) is 54.3 Å². The average Bonchev–Trinajstić information content (AvgIpc) is 3.02. The van der Waals surface area contributed by atoms with Gasteiger partial charge in [-0.15, -0.1) is 0 Å². The first kappa shape index (κ1) is 18.9. The van der Waals surface area contributed by atoms with Crippen LogP contribution in [-0.4, -0.2) is 37.8 Å². The van der Waals surface area contributed by atoms with Crippen molar-refractivity contribution in [2.24, 2.45) is 5.10 Å². The highest BCUT2D eigenvalue weighted by molar-refractivity contribution is 5.86. The fraction of sp³-hybridized carbons (Fsp3) is 0.333. The van der Waals surface area contributed by atoms with E-state index in [9.17, 15) is 4.79 Å². The van der Waals surface area contributed by atoms with Crippen molar-refractivity contribution in [2.75, 3.05) is 20.8 Å². The molecule has 0 radical (unpaired) electrons. The molecule has 2 aromatic carbocycles. The van der Waals surface area contributed by atoms with Crippen molar-refractivity contribution in [1.29, 1.82) is 0 Å². The number of rotatable bonds is 6. The molecule has 0 saturated heterocycles. The summed E-state index contributed by atoms with van der Waals surface area (Å²) in [6, 6.07) is 9.85. The standard InChI is InChI=1S/C21H25N3O3/c1-14-7-17-11-24(12-18(17)8-15(14)2)13-21(25)23-22-10-16-9-19(26-3)5-6-20(16)27-4/h5-10H,11-13H2,1-4H3,(H,23,25)/b22-10-. The molecule has 1 N–H and O–H groups in total. The molecule has 1 aliphatic rings. The van der Waals surface area contributed by atoms with Crippen LogP contribution in [0.4, 0.5) is 0 Å². The SMILES string of the molecule is COc1ccc(OC)c(/C=N\NC(=O)CN2Cc3cc(C)c(C)cc3C2)c1. The Morgan fingerprint density at radius 1 is 1.11 bits per heavy atom. The van der Waals surface area contributed by atoms with E-state index in [1.807, 2.05) is 6.07 Å². The van der Waals surface area contributed by atoms with Crippen molar-refractivity contribution >= 4 is 12.1 Å². The largest absolute Gasteiger partial charge is 0.497 e. The van der Waals surface area contributed by atoms with E-state index in [0.717, 1.165) is 18.7 Å². The van der Waals surface area contributed by atoms with Crippen LogP contribution >= 0.6 is 0 Å². The number of hydrogen-bond donors (Lipinski definition) is 1. The van der Waals surface area contributed by atoms with Gasteiger partial charge in [-0.25, -0.2) is 5.43 Å². The number of carbonyl (C=O) groups excluding carboxylic acids is 1. The molecule has 2 aromatic rings. The number of nitrogens with one attached hydrogen (secondary N) is 1. The number of ether oxygens (including phenoxy) is 2. The summed E-state index contributed by atoms with van der Waals surface area (Å²) in [5.41, 5.74) is 8.50. The topological polar surface area (TPSA) is 63.2 Å². The van der Waals surface area contributed by atoms with Gasteiger partial charge < -0.3 is 9.47 Å². The Morgan fingerprint density at radius 3 is 2.37 bits per heavy atom. The molecule has 3 rings (SSSR count). The molecule has 0 atom stereocenters. The van der Waals surface area contributed by atoms with Gasteiger partial charge in [-0.2, -0.15) is 5.10 Å². The second kappa shape index (κ2) is 8.22. The maximum Gasteiger partial charge on any atom is 0.254 e. The van der Waals surface area contributed by atoms with Crippen LogP contribution < -0.4 is 14.9 Å². The smallest absolute Gasteiger partial charge is 0.254 e. The monoisotopic (exact) mass is 367 g/mol. The van der Waals surface area contributed by atoms with Gasteiger partial charge >= 0.3 is 0 Å². The zero-order valence-corrected chi connectivity index (χ0v) is 16.2. The number of carbonyl (C=O) groups is 1. The van der Waals surface area contributed by atoms with Crippen molar-refractivity contribution in [2.45, 2.75) is 26.9 Å². The highest BCUT2D eigenvalue weighted by Crippen LogP contribution is 2.25. The number of methoxy groups -OCH3 is 2. The molecule has 0 aromatic heterocycles. The van der Waals surface area contributed by atoms with Gasteiger partial charge in [-0.1, -0.05) is 12.1 Å². The molecule has 0 spiro atoms. The van der Waals surface area contributed by atoms with Gasteiger partial charge in [-0.3, -0.25) is 9.69 Å². The number of amides is 1. The molecular weight excluding hydrogens is 342 g/mol. The van der Waals surface area contributed by atoms with E-state index in [-0.39, 0.29) is 5.91 Å². The van der Waals surface area contributed by atoms with Crippen LogP contribution in [0.2, 0.25) is 0 Å². The number of hydrazone groups is 1. The van der Waals surface area contributed by atoms with Gasteiger partial charge in [0.1, 0.15) is 11.5 Å². The lowest BCUT2D eigenvalue weighted by molar-refractivity contribution is -0.122. The third-order valence-electron chi connectivity index (χ3n) is 4.80. The van der Waals surface area contributed by atoms with E-state index in [1.54, 1.807) is 32.6 Å². The van der Waals surface area contributed by atoms with E-state index in [0.29, 0.717) is 18.0 Å². The highest BCUT2D eigenvalue weighted by Gasteiger charge is 2.21. The summed E-state index contributed by atoms with van der Waals surface area (Å²) in [4.78, 5) is 14.3. The summed E-state index contributed by atoms with van der Waals surface area (Å²) in [5.74, 6) is 1.22. The first-order valence-electron chi connectivity index (χ1n) is 8.85. The molecule has 27 heavy (non-hydrogen) atoms. The number of aryl methyl sites for hydroxylation is 2. The van der Waals surface area contributed by atoms with Crippen molar-refractivity contribution in [1.82, 2.24) is 10.3 Å². The van der Waals surface area contributed by atoms with Crippen molar-refractivity contribution in [3.05, 3.63) is 58.1 Å². The predicted molar refractivity (Wildman–Crippen MR) is 105 cm³/mol. The number of hydrogen-bond acceptors (Lipinski definition) is 5. The highest BCUT2D eigenvalue weighted by atomic mass is 16.5. The zero-order valence-electron chi connectivity index (χ0n) is 16.2. The average molecular weight is 367 g/mol. The van der Waals surface area contributed by atoms with Crippen LogP contribution in [0.5, 0.6) is 11.5 Å². The third-order valence-corrected chi connectivity index (χ3v) is 4.80. The predicted octanol–water partition coefficient (Wildman–Crippen LogP) is 2.79. The summed E-state index contributed by atoms with van der Waals surface area (Å²) in [7, 11) is 3.19. The Kier molecular flexibility index (Phi) is 5.76. The lowest BCUT2D eigenvalue weighted by atomic mass is 10.0. The van der Waals surface area contributed by atoms with E-state index in [4.69, 9.17) is 9.47 Å². The second-order valence-corrected chi connectivity index (χ2v) is 6.75. The second-order valence-electron chi connectivity index (χ2n) is 6.75. The van der Waals surface area contributed by atoms with Crippen LogP contribution in [0.15, 0.2) is 35.4 Å². The van der Waals surface area contributed by atoms with Crippen molar-refractivity contribution in [3.63, 3.8) is 0 Å². The van der Waals surface area contributed by atoms with E-state index in [1.165, 1.54) is 22.3 Å². The molecule has 0 bridgehead atoms. The molecule has 1 aliphatic heterocycles. The Balaban J connectivity index is 1.57. The summed E-state index contributed by atoms with van der Waals surface area (Å²) >= 11 is 0. The fourth-order valence-corrected chi connectivity index (χ4v) is 3.23. The molecule has 1 heterocycles. The normalized spacial score (nSPS) is 13.6. The van der Waals surface area contributed by atoms with Gasteiger partial charge in [0.05, 0.1) is 27.0 Å². The molecule has 0 unspecified atom stereocenters.